The van der Waals surface area contributed by atoms with E-state index in [4.69, 9.17) is 5.26 Å². The Hall–Kier alpha value is -1.90. The number of rotatable bonds is 3. The number of carbonyl (C=O) groups is 1. The third kappa shape index (κ3) is 3.06. The van der Waals surface area contributed by atoms with Gasteiger partial charge in [-0.1, -0.05) is 19.8 Å². The average Bonchev–Trinajstić information content (AvgIpc) is 2.80. The van der Waals surface area contributed by atoms with Crippen LogP contribution in [0.4, 0.5) is 0 Å². The van der Waals surface area contributed by atoms with Gasteiger partial charge in [0.2, 0.25) is 5.91 Å². The second kappa shape index (κ2) is 5.63. The molecule has 2 rings (SSSR count). The maximum absolute atomic E-state index is 11.8. The van der Waals surface area contributed by atoms with Crippen LogP contribution in [0.3, 0.4) is 0 Å². The minimum absolute atomic E-state index is 0.0665. The maximum Gasteiger partial charge on any atom is 0.252 e. The van der Waals surface area contributed by atoms with Gasteiger partial charge >= 0.3 is 0 Å². The molecule has 1 fully saturated rings. The minimum atomic E-state index is -0.0665. The Morgan fingerprint density at radius 1 is 1.61 bits per heavy atom. The lowest BCUT2D eigenvalue weighted by Crippen LogP contribution is -2.42. The molecule has 96 valence electrons. The Morgan fingerprint density at radius 3 is 3.06 bits per heavy atom. The Labute approximate surface area is 106 Å². The predicted octanol–water partition coefficient (Wildman–Crippen LogP) is 0.845. The van der Waals surface area contributed by atoms with Gasteiger partial charge in [0.05, 0.1) is 0 Å². The highest BCUT2D eigenvalue weighted by atomic mass is 16.2. The molecule has 0 saturated heterocycles. The van der Waals surface area contributed by atoms with Gasteiger partial charge in [-0.15, -0.1) is 5.10 Å². The predicted molar refractivity (Wildman–Crippen MR) is 64.3 cm³/mol. The number of nitriles is 1. The second-order valence-corrected chi connectivity index (χ2v) is 4.81. The van der Waals surface area contributed by atoms with Crippen molar-refractivity contribution in [3.05, 3.63) is 12.2 Å². The van der Waals surface area contributed by atoms with Crippen LogP contribution in [0.25, 0.3) is 0 Å². The highest BCUT2D eigenvalue weighted by Crippen LogP contribution is 2.23. The van der Waals surface area contributed by atoms with Crippen LogP contribution in [0, 0.1) is 17.2 Å². The molecule has 0 aromatic carbocycles. The maximum atomic E-state index is 11.8. The molecule has 18 heavy (non-hydrogen) atoms. The molecule has 0 unspecified atom stereocenters. The number of hydrogen-bond acceptors (Lipinski definition) is 4. The fourth-order valence-electron chi connectivity index (χ4n) is 2.35. The number of amides is 1. The number of nitrogens with zero attached hydrogens (tertiary/aromatic N) is 4. The van der Waals surface area contributed by atoms with E-state index in [1.165, 1.54) is 30.3 Å². The van der Waals surface area contributed by atoms with E-state index in [9.17, 15) is 4.79 Å². The van der Waals surface area contributed by atoms with Gasteiger partial charge in [-0.25, -0.2) is 9.67 Å². The highest BCUT2D eigenvalue weighted by Gasteiger charge is 2.22. The molecule has 0 spiro atoms. The first kappa shape index (κ1) is 12.6. The van der Waals surface area contributed by atoms with E-state index in [2.05, 4.69) is 22.3 Å². The van der Waals surface area contributed by atoms with E-state index in [-0.39, 0.29) is 24.3 Å². The summed E-state index contributed by atoms with van der Waals surface area (Å²) in [5.41, 5.74) is 0. The lowest BCUT2D eigenvalue weighted by atomic mass is 9.86. The largest absolute Gasteiger partial charge is 0.351 e. The average molecular weight is 247 g/mol. The number of carbonyl (C=O) groups excluding carboxylic acids is 1. The van der Waals surface area contributed by atoms with Crippen molar-refractivity contribution in [2.24, 2.45) is 5.92 Å². The summed E-state index contributed by atoms with van der Waals surface area (Å²) in [5, 5.41) is 15.5. The van der Waals surface area contributed by atoms with Crippen molar-refractivity contribution in [2.45, 2.75) is 45.2 Å². The molecule has 1 amide bonds. The second-order valence-electron chi connectivity index (χ2n) is 4.81. The summed E-state index contributed by atoms with van der Waals surface area (Å²) in [7, 11) is 0. The molecule has 1 aliphatic carbocycles. The number of aromatic nitrogens is 3. The smallest absolute Gasteiger partial charge is 0.252 e. The van der Waals surface area contributed by atoms with Crippen molar-refractivity contribution in [1.29, 1.82) is 5.26 Å². The van der Waals surface area contributed by atoms with Crippen LogP contribution in [0.15, 0.2) is 6.33 Å². The van der Waals surface area contributed by atoms with E-state index >= 15 is 0 Å². The lowest BCUT2D eigenvalue weighted by molar-refractivity contribution is -0.123. The molecular formula is C12H17N5O. The molecule has 1 aromatic heterocycles. The monoisotopic (exact) mass is 247 g/mol. The molecule has 1 aliphatic rings. The molecule has 0 bridgehead atoms. The Bertz CT molecular complexity index is 461. The summed E-state index contributed by atoms with van der Waals surface area (Å²) in [6, 6.07) is 2.10. The summed E-state index contributed by atoms with van der Waals surface area (Å²) in [5.74, 6) is 0.560. The lowest BCUT2D eigenvalue weighted by Gasteiger charge is -2.29. The van der Waals surface area contributed by atoms with Gasteiger partial charge in [-0.05, 0) is 18.8 Å². The molecule has 0 aliphatic heterocycles. The van der Waals surface area contributed by atoms with Crippen LogP contribution in [0.5, 0.6) is 0 Å². The molecular weight excluding hydrogens is 230 g/mol. The molecule has 1 heterocycles. The standard InChI is InChI=1S/C12H17N5O/c1-9-4-2-3-5-10(9)15-12(18)7-17-8-14-11(6-13)16-17/h8-10H,2-5,7H2,1H3,(H,15,18)/t9-,10-/m1/s1. The SMILES string of the molecule is C[C@@H]1CCCC[C@H]1NC(=O)Cn1cnc(C#N)n1. The van der Waals surface area contributed by atoms with Crippen LogP contribution in [-0.2, 0) is 11.3 Å². The van der Waals surface area contributed by atoms with Crippen molar-refractivity contribution in [3.63, 3.8) is 0 Å². The zero-order chi connectivity index (χ0) is 13.0. The van der Waals surface area contributed by atoms with Crippen LogP contribution < -0.4 is 5.32 Å². The first-order valence-electron chi connectivity index (χ1n) is 6.28. The fourth-order valence-corrected chi connectivity index (χ4v) is 2.35. The Kier molecular flexibility index (Phi) is 3.92. The summed E-state index contributed by atoms with van der Waals surface area (Å²) in [6.07, 6.45) is 6.06. The van der Waals surface area contributed by atoms with Gasteiger partial charge < -0.3 is 5.32 Å². The van der Waals surface area contributed by atoms with E-state index < -0.39 is 0 Å². The van der Waals surface area contributed by atoms with Gasteiger partial charge in [0, 0.05) is 6.04 Å². The van der Waals surface area contributed by atoms with Gasteiger partial charge in [0.15, 0.2) is 0 Å². The number of hydrogen-bond donors (Lipinski definition) is 1. The summed E-state index contributed by atoms with van der Waals surface area (Å²) in [4.78, 5) is 15.6. The molecule has 6 nitrogen and oxygen atoms in total. The molecule has 2 atom stereocenters. The molecule has 6 heteroatoms. The molecule has 1 N–H and O–H groups in total. The Balaban J connectivity index is 1.86. The Morgan fingerprint density at radius 2 is 2.39 bits per heavy atom. The van der Waals surface area contributed by atoms with Crippen molar-refractivity contribution in [2.75, 3.05) is 0 Å². The highest BCUT2D eigenvalue weighted by molar-refractivity contribution is 5.75. The van der Waals surface area contributed by atoms with Gasteiger partial charge in [-0.3, -0.25) is 4.79 Å². The summed E-state index contributed by atoms with van der Waals surface area (Å²) < 4.78 is 1.39. The normalized spacial score (nSPS) is 23.3. The van der Waals surface area contributed by atoms with E-state index in [1.807, 2.05) is 6.07 Å². The van der Waals surface area contributed by atoms with E-state index in [0.717, 1.165) is 6.42 Å². The molecule has 1 aromatic rings. The van der Waals surface area contributed by atoms with Crippen LogP contribution >= 0.6 is 0 Å². The van der Waals surface area contributed by atoms with E-state index in [0.29, 0.717) is 5.92 Å². The minimum Gasteiger partial charge on any atom is -0.351 e. The quantitative estimate of drug-likeness (QED) is 0.858. The zero-order valence-electron chi connectivity index (χ0n) is 10.5. The summed E-state index contributed by atoms with van der Waals surface area (Å²) >= 11 is 0. The van der Waals surface area contributed by atoms with E-state index in [1.54, 1.807) is 0 Å². The summed E-state index contributed by atoms with van der Waals surface area (Å²) in [6.45, 7) is 2.30. The van der Waals surface area contributed by atoms with Crippen LogP contribution in [-0.4, -0.2) is 26.7 Å². The first-order valence-corrected chi connectivity index (χ1v) is 6.28. The zero-order valence-corrected chi connectivity index (χ0v) is 10.5. The van der Waals surface area contributed by atoms with Gasteiger partial charge in [0.25, 0.3) is 5.82 Å². The number of nitrogens with one attached hydrogen (secondary N) is 1. The molecule has 1 saturated carbocycles. The van der Waals surface area contributed by atoms with Crippen molar-refractivity contribution < 1.29 is 4.79 Å². The van der Waals surface area contributed by atoms with Crippen LogP contribution in [0.2, 0.25) is 0 Å². The van der Waals surface area contributed by atoms with Crippen LogP contribution in [0.1, 0.15) is 38.4 Å². The van der Waals surface area contributed by atoms with Crippen molar-refractivity contribution in [1.82, 2.24) is 20.1 Å². The van der Waals surface area contributed by atoms with Crippen molar-refractivity contribution in [3.8, 4) is 6.07 Å². The third-order valence-electron chi connectivity index (χ3n) is 3.40. The fraction of sp³-hybridized carbons (Fsp3) is 0.667. The van der Waals surface area contributed by atoms with Gasteiger partial charge in [-0.2, -0.15) is 5.26 Å². The van der Waals surface area contributed by atoms with Gasteiger partial charge in [0.1, 0.15) is 18.9 Å². The topological polar surface area (TPSA) is 83.6 Å². The third-order valence-corrected chi connectivity index (χ3v) is 3.40. The molecule has 0 radical (unpaired) electrons. The first-order chi connectivity index (χ1) is 8.69. The van der Waals surface area contributed by atoms with Crippen molar-refractivity contribution >= 4 is 5.91 Å².